The van der Waals surface area contributed by atoms with Gasteiger partial charge in [0.1, 0.15) is 36.0 Å². The van der Waals surface area contributed by atoms with Gasteiger partial charge in [0.05, 0.1) is 6.04 Å². The van der Waals surface area contributed by atoms with Gasteiger partial charge >= 0.3 is 5.97 Å². The van der Waals surface area contributed by atoms with Gasteiger partial charge in [-0.05, 0) is 87.4 Å². The number of likely N-dealkylation sites (tertiary alicyclic amines) is 1. The molecule has 0 unspecified atom stereocenters. The topological polar surface area (TPSA) is 289 Å². The molecule has 12 N–H and O–H groups in total. The molecule has 0 bridgehead atoms. The van der Waals surface area contributed by atoms with Crippen LogP contribution >= 0.6 is 0 Å². The summed E-state index contributed by atoms with van der Waals surface area (Å²) in [5, 5.41) is 30.0. The van der Waals surface area contributed by atoms with E-state index < -0.39 is 71.8 Å². The van der Waals surface area contributed by atoms with E-state index in [0.29, 0.717) is 50.8 Å². The van der Waals surface area contributed by atoms with Crippen LogP contribution < -0.4 is 38.5 Å². The number of phenols is 1. The van der Waals surface area contributed by atoms with Crippen LogP contribution in [0.3, 0.4) is 0 Å². The Kier molecular flexibility index (Phi) is 18.9. The van der Waals surface area contributed by atoms with E-state index in [1.807, 2.05) is 27.7 Å². The van der Waals surface area contributed by atoms with Gasteiger partial charge in [-0.1, -0.05) is 39.8 Å². The molecule has 1 heterocycles. The first-order valence-corrected chi connectivity index (χ1v) is 18.7. The molecule has 54 heavy (non-hydrogen) atoms. The summed E-state index contributed by atoms with van der Waals surface area (Å²) in [4.78, 5) is 93.1. The Labute approximate surface area is 316 Å². The Bertz CT molecular complexity index is 1440. The van der Waals surface area contributed by atoms with Crippen LogP contribution in [0.1, 0.15) is 91.0 Å². The Morgan fingerprint density at radius 1 is 0.796 bits per heavy atom. The minimum atomic E-state index is -1.35. The lowest BCUT2D eigenvalue weighted by Crippen LogP contribution is -2.59. The molecule has 6 atom stereocenters. The number of nitrogens with two attached hydrogens (primary N) is 3. The van der Waals surface area contributed by atoms with Crippen LogP contribution in [-0.4, -0.2) is 106 Å². The number of amides is 6. The smallest absolute Gasteiger partial charge is 0.326 e. The van der Waals surface area contributed by atoms with E-state index >= 15 is 0 Å². The number of benzene rings is 1. The van der Waals surface area contributed by atoms with Crippen molar-refractivity contribution in [2.75, 3.05) is 13.1 Å². The van der Waals surface area contributed by atoms with Gasteiger partial charge in [-0.15, -0.1) is 0 Å². The van der Waals surface area contributed by atoms with Crippen molar-refractivity contribution in [3.05, 3.63) is 29.8 Å². The van der Waals surface area contributed by atoms with Crippen molar-refractivity contribution in [3.8, 4) is 5.75 Å². The highest BCUT2D eigenvalue weighted by Gasteiger charge is 2.38. The van der Waals surface area contributed by atoms with Gasteiger partial charge in [-0.25, -0.2) is 4.79 Å². The van der Waals surface area contributed by atoms with Crippen LogP contribution in [0.4, 0.5) is 0 Å². The van der Waals surface area contributed by atoms with E-state index in [1.165, 1.54) is 17.0 Å². The minimum absolute atomic E-state index is 0.0317. The van der Waals surface area contributed by atoms with Crippen molar-refractivity contribution in [2.45, 2.75) is 128 Å². The zero-order valence-corrected chi connectivity index (χ0v) is 31.8. The number of nitrogens with one attached hydrogen (secondary N) is 4. The van der Waals surface area contributed by atoms with Gasteiger partial charge in [0.25, 0.3) is 0 Å². The average Bonchev–Trinajstić information content (AvgIpc) is 3.59. The highest BCUT2D eigenvalue weighted by molar-refractivity contribution is 5.96. The summed E-state index contributed by atoms with van der Waals surface area (Å²) in [6, 6.07) is -0.902. The molecule has 1 aromatic carbocycles. The van der Waals surface area contributed by atoms with Crippen molar-refractivity contribution >= 4 is 41.4 Å². The lowest BCUT2D eigenvalue weighted by Gasteiger charge is -2.29. The standard InChI is InChI=1S/C37H60N8O9/c1-21(2)18-25(39)36(52)45-17-7-9-30(45)35(51)41-26(14-15-31(40)47)32(48)44-29(20-23-10-12-24(46)13-11-23)34(50)43-28(19-22(3)4)33(49)42-27(37(53)54)8-5-6-16-38/h10-13,21-22,25-30,46H,5-9,14-20,38-39H2,1-4H3,(H2,40,47)(H,41,51)(H,42,49)(H,43,50)(H,44,48)(H,53,54)/t25-,26-,27-,28-,29-,30-/m0/s1. The van der Waals surface area contributed by atoms with E-state index in [-0.39, 0.29) is 55.6 Å². The fraction of sp³-hybridized carbons (Fsp3) is 0.649. The van der Waals surface area contributed by atoms with Crippen molar-refractivity contribution in [3.63, 3.8) is 0 Å². The third-order valence-electron chi connectivity index (χ3n) is 9.10. The number of carbonyl (C=O) groups is 7. The SMILES string of the molecule is CC(C)C[C@H](NC(=O)[C@H](Cc1ccc(O)cc1)NC(=O)[C@H](CCC(N)=O)NC(=O)[C@@H]1CCCN1C(=O)[C@@H](N)CC(C)C)C(=O)N[C@@H](CCCCN)C(=O)O. The van der Waals surface area contributed by atoms with Crippen molar-refractivity contribution < 1.29 is 43.8 Å². The molecule has 1 aliphatic rings. The van der Waals surface area contributed by atoms with Gasteiger partial charge in [0.2, 0.25) is 35.4 Å². The highest BCUT2D eigenvalue weighted by atomic mass is 16.4. The largest absolute Gasteiger partial charge is 0.508 e. The second-order valence-electron chi connectivity index (χ2n) is 14.8. The number of carbonyl (C=O) groups excluding carboxylic acids is 6. The third-order valence-corrected chi connectivity index (χ3v) is 9.10. The fourth-order valence-corrected chi connectivity index (χ4v) is 6.30. The second-order valence-corrected chi connectivity index (χ2v) is 14.8. The lowest BCUT2D eigenvalue weighted by molar-refractivity contribution is -0.142. The number of rotatable bonds is 23. The maximum atomic E-state index is 14.0. The van der Waals surface area contributed by atoms with Gasteiger partial charge < -0.3 is 53.6 Å². The molecule has 0 saturated carbocycles. The van der Waals surface area contributed by atoms with E-state index in [0.717, 1.165) is 0 Å². The number of hydrogen-bond donors (Lipinski definition) is 9. The number of primary amides is 1. The number of hydrogen-bond acceptors (Lipinski definition) is 10. The third kappa shape index (κ3) is 15.3. The summed E-state index contributed by atoms with van der Waals surface area (Å²) < 4.78 is 0. The first-order valence-electron chi connectivity index (χ1n) is 18.7. The number of nitrogens with zero attached hydrogens (tertiary/aromatic N) is 1. The monoisotopic (exact) mass is 760 g/mol. The Morgan fingerprint density at radius 3 is 1.94 bits per heavy atom. The van der Waals surface area contributed by atoms with Crippen molar-refractivity contribution in [2.24, 2.45) is 29.0 Å². The summed E-state index contributed by atoms with van der Waals surface area (Å²) in [5.41, 5.74) is 17.6. The van der Waals surface area contributed by atoms with Crippen LogP contribution in [0.2, 0.25) is 0 Å². The molecule has 1 aromatic rings. The molecule has 1 saturated heterocycles. The molecule has 6 amide bonds. The van der Waals surface area contributed by atoms with E-state index in [1.54, 1.807) is 12.1 Å². The molecule has 17 nitrogen and oxygen atoms in total. The second kappa shape index (κ2) is 22.4. The van der Waals surface area contributed by atoms with Crippen LogP contribution in [0.25, 0.3) is 0 Å². The maximum absolute atomic E-state index is 14.0. The first kappa shape index (κ1) is 45.4. The van der Waals surface area contributed by atoms with Crippen LogP contribution in [-0.2, 0) is 40.0 Å². The molecule has 302 valence electrons. The number of aromatic hydroxyl groups is 1. The summed E-state index contributed by atoms with van der Waals surface area (Å²) >= 11 is 0. The Balaban J connectivity index is 2.36. The fourth-order valence-electron chi connectivity index (χ4n) is 6.30. The maximum Gasteiger partial charge on any atom is 0.326 e. The van der Waals surface area contributed by atoms with Gasteiger partial charge in [0.15, 0.2) is 0 Å². The van der Waals surface area contributed by atoms with E-state index in [9.17, 15) is 43.8 Å². The molecule has 0 spiro atoms. The van der Waals surface area contributed by atoms with E-state index in [2.05, 4.69) is 21.3 Å². The summed E-state index contributed by atoms with van der Waals surface area (Å²) in [6.45, 7) is 8.17. The quantitative estimate of drug-likeness (QED) is 0.0657. The Morgan fingerprint density at radius 2 is 1.37 bits per heavy atom. The van der Waals surface area contributed by atoms with Crippen LogP contribution in [0.5, 0.6) is 5.75 Å². The first-order chi connectivity index (χ1) is 25.4. The predicted octanol–water partition coefficient (Wildman–Crippen LogP) is -0.236. The number of aliphatic carboxylic acids is 1. The number of phenolic OH excluding ortho intramolecular Hbond substituents is 1. The lowest BCUT2D eigenvalue weighted by atomic mass is 10.00. The molecule has 0 aliphatic carbocycles. The molecular weight excluding hydrogens is 700 g/mol. The molecule has 0 radical (unpaired) electrons. The summed E-state index contributed by atoms with van der Waals surface area (Å²) in [7, 11) is 0. The molecule has 0 aromatic heterocycles. The Hall–Kier alpha value is -4.77. The van der Waals surface area contributed by atoms with Crippen molar-refractivity contribution in [1.29, 1.82) is 0 Å². The van der Waals surface area contributed by atoms with Gasteiger partial charge in [-0.2, -0.15) is 0 Å². The molecule has 1 fully saturated rings. The highest BCUT2D eigenvalue weighted by Crippen LogP contribution is 2.21. The molecule has 2 rings (SSSR count). The number of carboxylic acid groups (broad SMARTS) is 1. The van der Waals surface area contributed by atoms with Crippen molar-refractivity contribution in [1.82, 2.24) is 26.2 Å². The van der Waals surface area contributed by atoms with Crippen LogP contribution in [0, 0.1) is 11.8 Å². The number of unbranched alkanes of at least 4 members (excludes halogenated alkanes) is 1. The van der Waals surface area contributed by atoms with Gasteiger partial charge in [-0.3, -0.25) is 28.8 Å². The predicted molar refractivity (Wildman–Crippen MR) is 200 cm³/mol. The normalized spacial score (nSPS) is 16.9. The zero-order valence-electron chi connectivity index (χ0n) is 31.8. The average molecular weight is 761 g/mol. The molecule has 17 heteroatoms. The number of carboxylic acids is 1. The summed E-state index contributed by atoms with van der Waals surface area (Å²) in [5.74, 6) is -5.30. The summed E-state index contributed by atoms with van der Waals surface area (Å²) in [6.07, 6.45) is 1.98. The molecule has 1 aliphatic heterocycles. The van der Waals surface area contributed by atoms with E-state index in [4.69, 9.17) is 17.2 Å². The zero-order chi connectivity index (χ0) is 40.5. The van der Waals surface area contributed by atoms with Crippen LogP contribution in [0.15, 0.2) is 24.3 Å². The molecular formula is C37H60N8O9. The minimum Gasteiger partial charge on any atom is -0.508 e. The van der Waals surface area contributed by atoms with Gasteiger partial charge in [0, 0.05) is 19.4 Å².